The highest BCUT2D eigenvalue weighted by molar-refractivity contribution is 5.92. The highest BCUT2D eigenvalue weighted by Gasteiger charge is 2.39. The van der Waals surface area contributed by atoms with Crippen molar-refractivity contribution in [2.24, 2.45) is 17.8 Å². The number of carbonyl (C=O) groups excluding carboxylic acids is 1. The fourth-order valence-electron chi connectivity index (χ4n) is 2.76. The van der Waals surface area contributed by atoms with E-state index in [-0.39, 0.29) is 5.78 Å². The van der Waals surface area contributed by atoms with Gasteiger partial charge in [-0.25, -0.2) is 0 Å². The molecule has 0 aliphatic heterocycles. The highest BCUT2D eigenvalue weighted by atomic mass is 16.4. The molecule has 0 saturated heterocycles. The number of ketones is 1. The molecular formula is C13H18O5. The van der Waals surface area contributed by atoms with Crippen molar-refractivity contribution in [3.8, 4) is 0 Å². The number of carboxylic acids is 2. The Kier molecular flexibility index (Phi) is 5.07. The van der Waals surface area contributed by atoms with Crippen LogP contribution in [0.4, 0.5) is 0 Å². The monoisotopic (exact) mass is 254 g/mol. The molecule has 1 aliphatic carbocycles. The molecule has 3 unspecified atom stereocenters. The van der Waals surface area contributed by atoms with Gasteiger partial charge in [0.05, 0.1) is 12.3 Å². The average molecular weight is 254 g/mol. The molecule has 1 saturated carbocycles. The van der Waals surface area contributed by atoms with E-state index in [2.05, 4.69) is 6.58 Å². The summed E-state index contributed by atoms with van der Waals surface area (Å²) in [7, 11) is 0. The standard InChI is InChI=1S/C13H18O5/c1-2-11(14)9-6-4-3-5-8(9)10(13(17)18)7-12(15)16/h2,8-10H,1,3-7H2,(H,15,16)(H,17,18). The zero-order chi connectivity index (χ0) is 13.7. The molecule has 100 valence electrons. The summed E-state index contributed by atoms with van der Waals surface area (Å²) < 4.78 is 0. The topological polar surface area (TPSA) is 91.7 Å². The van der Waals surface area contributed by atoms with Crippen LogP contribution < -0.4 is 0 Å². The molecule has 0 radical (unpaired) electrons. The summed E-state index contributed by atoms with van der Waals surface area (Å²) in [4.78, 5) is 33.7. The predicted octanol–water partition coefficient (Wildman–Crippen LogP) is 1.72. The van der Waals surface area contributed by atoms with E-state index in [9.17, 15) is 14.4 Å². The van der Waals surface area contributed by atoms with E-state index in [0.29, 0.717) is 12.8 Å². The summed E-state index contributed by atoms with van der Waals surface area (Å²) in [6, 6.07) is 0. The molecular weight excluding hydrogens is 236 g/mol. The maximum atomic E-state index is 11.7. The van der Waals surface area contributed by atoms with Crippen molar-refractivity contribution >= 4 is 17.7 Å². The first-order valence-electron chi connectivity index (χ1n) is 6.08. The molecule has 5 heteroatoms. The second-order valence-electron chi connectivity index (χ2n) is 4.70. The van der Waals surface area contributed by atoms with Crippen molar-refractivity contribution in [3.05, 3.63) is 12.7 Å². The van der Waals surface area contributed by atoms with Crippen LogP contribution in [0.1, 0.15) is 32.1 Å². The van der Waals surface area contributed by atoms with E-state index < -0.39 is 36.1 Å². The van der Waals surface area contributed by atoms with Crippen molar-refractivity contribution in [1.29, 1.82) is 0 Å². The lowest BCUT2D eigenvalue weighted by molar-refractivity contribution is -0.152. The second-order valence-corrected chi connectivity index (χ2v) is 4.70. The molecule has 0 amide bonds. The second kappa shape index (κ2) is 6.33. The molecule has 1 rings (SSSR count). The SMILES string of the molecule is C=CC(=O)C1CCCCC1C(CC(=O)O)C(=O)O. The summed E-state index contributed by atoms with van der Waals surface area (Å²) in [6.45, 7) is 3.42. The summed E-state index contributed by atoms with van der Waals surface area (Å²) in [5.74, 6) is -4.22. The molecule has 0 spiro atoms. The van der Waals surface area contributed by atoms with Crippen molar-refractivity contribution in [2.45, 2.75) is 32.1 Å². The molecule has 0 aromatic rings. The number of hydrogen-bond acceptors (Lipinski definition) is 3. The van der Waals surface area contributed by atoms with Gasteiger partial charge in [-0.2, -0.15) is 0 Å². The first-order chi connectivity index (χ1) is 8.47. The Labute approximate surface area is 105 Å². The Morgan fingerprint density at radius 2 is 1.83 bits per heavy atom. The first kappa shape index (κ1) is 14.4. The number of carbonyl (C=O) groups is 3. The minimum absolute atomic E-state index is 0.170. The summed E-state index contributed by atoms with van der Waals surface area (Å²) in [5, 5.41) is 17.9. The minimum Gasteiger partial charge on any atom is -0.481 e. The maximum Gasteiger partial charge on any atom is 0.307 e. The van der Waals surface area contributed by atoms with E-state index in [0.717, 1.165) is 12.8 Å². The molecule has 0 aromatic carbocycles. The largest absolute Gasteiger partial charge is 0.481 e. The molecule has 1 aliphatic rings. The van der Waals surface area contributed by atoms with E-state index in [4.69, 9.17) is 10.2 Å². The third kappa shape index (κ3) is 3.42. The lowest BCUT2D eigenvalue weighted by Crippen LogP contribution is -2.36. The van der Waals surface area contributed by atoms with Crippen molar-refractivity contribution in [2.75, 3.05) is 0 Å². The number of aliphatic carboxylic acids is 2. The third-order valence-corrected chi connectivity index (χ3v) is 3.61. The minimum atomic E-state index is -1.14. The van der Waals surface area contributed by atoms with E-state index >= 15 is 0 Å². The van der Waals surface area contributed by atoms with Crippen molar-refractivity contribution < 1.29 is 24.6 Å². The summed E-state index contributed by atoms with van der Waals surface area (Å²) in [5.41, 5.74) is 0. The summed E-state index contributed by atoms with van der Waals surface area (Å²) >= 11 is 0. The van der Waals surface area contributed by atoms with Crippen LogP contribution in [0.2, 0.25) is 0 Å². The third-order valence-electron chi connectivity index (χ3n) is 3.61. The molecule has 18 heavy (non-hydrogen) atoms. The number of carboxylic acid groups (broad SMARTS) is 2. The van der Waals surface area contributed by atoms with Crippen LogP contribution in [0, 0.1) is 17.8 Å². The summed E-state index contributed by atoms with van der Waals surface area (Å²) in [6.07, 6.45) is 3.71. The van der Waals surface area contributed by atoms with Crippen molar-refractivity contribution in [3.63, 3.8) is 0 Å². The first-order valence-corrected chi connectivity index (χ1v) is 6.08. The van der Waals surface area contributed by atoms with Gasteiger partial charge in [0.2, 0.25) is 0 Å². The van der Waals surface area contributed by atoms with Gasteiger partial charge in [-0.05, 0) is 24.8 Å². The van der Waals surface area contributed by atoms with E-state index in [1.807, 2.05) is 0 Å². The lowest BCUT2D eigenvalue weighted by atomic mass is 9.69. The predicted molar refractivity (Wildman–Crippen MR) is 64.0 cm³/mol. The van der Waals surface area contributed by atoms with Crippen LogP contribution >= 0.6 is 0 Å². The Morgan fingerprint density at radius 1 is 1.22 bits per heavy atom. The van der Waals surface area contributed by atoms with Gasteiger partial charge in [-0.3, -0.25) is 14.4 Å². The number of rotatable bonds is 6. The van der Waals surface area contributed by atoms with Crippen LogP contribution in [0.5, 0.6) is 0 Å². The Balaban J connectivity index is 2.91. The van der Waals surface area contributed by atoms with Gasteiger partial charge in [0.15, 0.2) is 5.78 Å². The highest BCUT2D eigenvalue weighted by Crippen LogP contribution is 2.37. The lowest BCUT2D eigenvalue weighted by Gasteiger charge is -2.33. The Bertz CT molecular complexity index is 360. The van der Waals surface area contributed by atoms with Gasteiger partial charge >= 0.3 is 11.9 Å². The zero-order valence-corrected chi connectivity index (χ0v) is 10.2. The van der Waals surface area contributed by atoms with Crippen LogP contribution in [0.25, 0.3) is 0 Å². The quantitative estimate of drug-likeness (QED) is 0.704. The molecule has 0 aromatic heterocycles. The van der Waals surface area contributed by atoms with Crippen molar-refractivity contribution in [1.82, 2.24) is 0 Å². The zero-order valence-electron chi connectivity index (χ0n) is 10.2. The van der Waals surface area contributed by atoms with Crippen LogP contribution in [-0.4, -0.2) is 27.9 Å². The van der Waals surface area contributed by atoms with Gasteiger partial charge in [-0.15, -0.1) is 0 Å². The van der Waals surface area contributed by atoms with Gasteiger partial charge in [-0.1, -0.05) is 19.4 Å². The van der Waals surface area contributed by atoms with Gasteiger partial charge in [0.1, 0.15) is 0 Å². The Hall–Kier alpha value is -1.65. The van der Waals surface area contributed by atoms with Crippen LogP contribution in [0.15, 0.2) is 12.7 Å². The normalized spacial score (nSPS) is 25.1. The van der Waals surface area contributed by atoms with Gasteiger partial charge in [0.25, 0.3) is 0 Å². The maximum absolute atomic E-state index is 11.7. The van der Waals surface area contributed by atoms with E-state index in [1.54, 1.807) is 0 Å². The number of allylic oxidation sites excluding steroid dienone is 1. The molecule has 3 atom stereocenters. The molecule has 1 fully saturated rings. The fourth-order valence-corrected chi connectivity index (χ4v) is 2.76. The Morgan fingerprint density at radius 3 is 2.33 bits per heavy atom. The average Bonchev–Trinajstić information content (AvgIpc) is 2.34. The van der Waals surface area contributed by atoms with Crippen LogP contribution in [0.3, 0.4) is 0 Å². The molecule has 5 nitrogen and oxygen atoms in total. The molecule has 0 bridgehead atoms. The van der Waals surface area contributed by atoms with E-state index in [1.165, 1.54) is 6.08 Å². The fraction of sp³-hybridized carbons (Fsp3) is 0.615. The molecule has 0 heterocycles. The smallest absolute Gasteiger partial charge is 0.307 e. The van der Waals surface area contributed by atoms with Gasteiger partial charge < -0.3 is 10.2 Å². The van der Waals surface area contributed by atoms with Crippen LogP contribution in [-0.2, 0) is 14.4 Å². The molecule has 2 N–H and O–H groups in total. The number of hydrogen-bond donors (Lipinski definition) is 2. The van der Waals surface area contributed by atoms with Gasteiger partial charge in [0, 0.05) is 5.92 Å².